The van der Waals surface area contributed by atoms with Crippen LogP contribution in [0.2, 0.25) is 0 Å². The van der Waals surface area contributed by atoms with Crippen LogP contribution in [0.15, 0.2) is 34.9 Å². The maximum atomic E-state index is 5.30. The Morgan fingerprint density at radius 3 is 2.68 bits per heavy atom. The maximum Gasteiger partial charge on any atom is 0.321 e. The highest BCUT2D eigenvalue weighted by Crippen LogP contribution is 2.47. The van der Waals surface area contributed by atoms with Crippen molar-refractivity contribution < 1.29 is 4.52 Å². The van der Waals surface area contributed by atoms with Crippen LogP contribution in [0.1, 0.15) is 44.0 Å². The minimum absolute atomic E-state index is 0.0308. The van der Waals surface area contributed by atoms with Gasteiger partial charge in [-0.3, -0.25) is 0 Å². The lowest BCUT2D eigenvalue weighted by molar-refractivity contribution is 0.273. The van der Waals surface area contributed by atoms with E-state index in [1.807, 2.05) is 6.07 Å². The molecule has 0 spiro atoms. The summed E-state index contributed by atoms with van der Waals surface area (Å²) in [7, 11) is 0. The standard InChI is InChI=1S/C15H19N3O/c1-2-11-16-14-17-13(18-19-14)15(9-6-10-15)12-7-4-3-5-8-12/h3-5,7-8H,2,6,9-11H2,1H3,(H,16,17,18). The number of aromatic nitrogens is 2. The Kier molecular flexibility index (Phi) is 3.23. The molecule has 0 amide bonds. The zero-order valence-corrected chi connectivity index (χ0v) is 11.2. The van der Waals surface area contributed by atoms with Crippen LogP contribution >= 0.6 is 0 Å². The third kappa shape index (κ3) is 2.11. The Morgan fingerprint density at radius 2 is 2.05 bits per heavy atom. The summed E-state index contributed by atoms with van der Waals surface area (Å²) in [6, 6.07) is 11.1. The summed E-state index contributed by atoms with van der Waals surface area (Å²) in [5, 5.41) is 7.34. The number of rotatable bonds is 5. The van der Waals surface area contributed by atoms with E-state index < -0.39 is 0 Å². The Hall–Kier alpha value is -1.84. The van der Waals surface area contributed by atoms with Gasteiger partial charge in [-0.1, -0.05) is 48.8 Å². The van der Waals surface area contributed by atoms with Gasteiger partial charge in [0, 0.05) is 6.54 Å². The molecule has 0 bridgehead atoms. The van der Waals surface area contributed by atoms with Crippen LogP contribution in [0.3, 0.4) is 0 Å². The molecule has 1 fully saturated rings. The summed E-state index contributed by atoms with van der Waals surface area (Å²) in [5.41, 5.74) is 1.26. The third-order valence-corrected chi connectivity index (χ3v) is 3.91. The van der Waals surface area contributed by atoms with Gasteiger partial charge < -0.3 is 9.84 Å². The maximum absolute atomic E-state index is 5.30. The Bertz CT molecular complexity index is 531. The van der Waals surface area contributed by atoms with E-state index in [1.165, 1.54) is 12.0 Å². The highest BCUT2D eigenvalue weighted by Gasteiger charge is 2.44. The second kappa shape index (κ2) is 5.03. The van der Waals surface area contributed by atoms with E-state index in [0.717, 1.165) is 31.6 Å². The van der Waals surface area contributed by atoms with Crippen molar-refractivity contribution >= 4 is 6.01 Å². The summed E-state index contributed by atoms with van der Waals surface area (Å²) in [6.07, 6.45) is 4.47. The molecule has 4 nitrogen and oxygen atoms in total. The topological polar surface area (TPSA) is 51.0 Å². The smallest absolute Gasteiger partial charge is 0.321 e. The summed E-state index contributed by atoms with van der Waals surface area (Å²) in [6.45, 7) is 2.97. The van der Waals surface area contributed by atoms with Crippen molar-refractivity contribution in [3.8, 4) is 0 Å². The number of nitrogens with zero attached hydrogens (tertiary/aromatic N) is 2. The molecule has 1 heterocycles. The summed E-state index contributed by atoms with van der Waals surface area (Å²) < 4.78 is 5.30. The summed E-state index contributed by atoms with van der Waals surface area (Å²) in [5.74, 6) is 0.823. The zero-order chi connectivity index (χ0) is 13.1. The summed E-state index contributed by atoms with van der Waals surface area (Å²) in [4.78, 5) is 4.53. The van der Waals surface area contributed by atoms with Crippen molar-refractivity contribution in [1.29, 1.82) is 0 Å². The lowest BCUT2D eigenvalue weighted by Gasteiger charge is -2.39. The van der Waals surface area contributed by atoms with E-state index in [4.69, 9.17) is 4.52 Å². The number of hydrogen-bond donors (Lipinski definition) is 1. The van der Waals surface area contributed by atoms with Crippen molar-refractivity contribution in [2.45, 2.75) is 38.0 Å². The first kappa shape index (κ1) is 12.2. The Labute approximate surface area is 113 Å². The van der Waals surface area contributed by atoms with Crippen LogP contribution < -0.4 is 5.32 Å². The minimum atomic E-state index is -0.0308. The van der Waals surface area contributed by atoms with Crippen LogP contribution in [0.4, 0.5) is 6.01 Å². The molecule has 1 aliphatic carbocycles. The van der Waals surface area contributed by atoms with Gasteiger partial charge in [0.1, 0.15) is 0 Å². The number of hydrogen-bond acceptors (Lipinski definition) is 4. The fourth-order valence-corrected chi connectivity index (χ4v) is 2.65. The predicted molar refractivity (Wildman–Crippen MR) is 74.2 cm³/mol. The van der Waals surface area contributed by atoms with Crippen molar-refractivity contribution in [1.82, 2.24) is 10.1 Å². The largest absolute Gasteiger partial charge is 0.338 e. The molecule has 19 heavy (non-hydrogen) atoms. The molecule has 1 saturated carbocycles. The molecule has 1 N–H and O–H groups in total. The SMILES string of the molecule is CCCNc1nc(C2(c3ccccc3)CCC2)no1. The molecule has 1 aromatic heterocycles. The fraction of sp³-hybridized carbons (Fsp3) is 0.467. The minimum Gasteiger partial charge on any atom is -0.338 e. The van der Waals surface area contributed by atoms with Gasteiger partial charge in [0.15, 0.2) is 5.82 Å². The molecular formula is C15H19N3O. The van der Waals surface area contributed by atoms with Crippen molar-refractivity contribution in [2.24, 2.45) is 0 Å². The average Bonchev–Trinajstić information content (AvgIpc) is 2.85. The first-order valence-corrected chi connectivity index (χ1v) is 6.99. The van der Waals surface area contributed by atoms with Crippen LogP contribution in [-0.4, -0.2) is 16.7 Å². The van der Waals surface area contributed by atoms with Crippen LogP contribution in [0, 0.1) is 0 Å². The van der Waals surface area contributed by atoms with Gasteiger partial charge in [0.25, 0.3) is 0 Å². The zero-order valence-electron chi connectivity index (χ0n) is 11.2. The highest BCUT2D eigenvalue weighted by molar-refractivity contribution is 5.36. The van der Waals surface area contributed by atoms with Gasteiger partial charge in [0.2, 0.25) is 0 Å². The second-order valence-corrected chi connectivity index (χ2v) is 5.15. The molecule has 1 aliphatic rings. The Balaban J connectivity index is 1.88. The molecule has 0 saturated heterocycles. The normalized spacial score (nSPS) is 16.9. The first-order valence-electron chi connectivity index (χ1n) is 6.99. The van der Waals surface area contributed by atoms with Gasteiger partial charge in [0.05, 0.1) is 5.41 Å². The van der Waals surface area contributed by atoms with E-state index in [1.54, 1.807) is 0 Å². The molecular weight excluding hydrogens is 238 g/mol. The number of nitrogens with one attached hydrogen (secondary N) is 1. The van der Waals surface area contributed by atoms with Gasteiger partial charge in [-0.25, -0.2) is 0 Å². The lowest BCUT2D eigenvalue weighted by Crippen LogP contribution is -2.36. The van der Waals surface area contributed by atoms with Crippen LogP contribution in [0.25, 0.3) is 0 Å². The van der Waals surface area contributed by atoms with Gasteiger partial charge in [-0.2, -0.15) is 4.98 Å². The molecule has 100 valence electrons. The molecule has 4 heteroatoms. The molecule has 0 aliphatic heterocycles. The number of benzene rings is 1. The first-order chi connectivity index (χ1) is 9.35. The third-order valence-electron chi connectivity index (χ3n) is 3.91. The van der Waals surface area contributed by atoms with E-state index in [9.17, 15) is 0 Å². The molecule has 1 aromatic carbocycles. The van der Waals surface area contributed by atoms with Crippen molar-refractivity contribution in [3.05, 3.63) is 41.7 Å². The van der Waals surface area contributed by atoms with E-state index in [2.05, 4.69) is 46.6 Å². The predicted octanol–water partition coefficient (Wildman–Crippen LogP) is 3.36. The van der Waals surface area contributed by atoms with Gasteiger partial charge in [-0.15, -0.1) is 0 Å². The van der Waals surface area contributed by atoms with Crippen molar-refractivity contribution in [2.75, 3.05) is 11.9 Å². The second-order valence-electron chi connectivity index (χ2n) is 5.15. The van der Waals surface area contributed by atoms with Crippen molar-refractivity contribution in [3.63, 3.8) is 0 Å². The fourth-order valence-electron chi connectivity index (χ4n) is 2.65. The molecule has 3 rings (SSSR count). The molecule has 2 aromatic rings. The Morgan fingerprint density at radius 1 is 1.26 bits per heavy atom. The quantitative estimate of drug-likeness (QED) is 0.892. The molecule has 0 atom stereocenters. The van der Waals surface area contributed by atoms with Crippen LogP contribution in [-0.2, 0) is 5.41 Å². The summed E-state index contributed by atoms with van der Waals surface area (Å²) >= 11 is 0. The van der Waals surface area contributed by atoms with Crippen LogP contribution in [0.5, 0.6) is 0 Å². The van der Waals surface area contributed by atoms with Gasteiger partial charge in [-0.05, 0) is 24.8 Å². The average molecular weight is 257 g/mol. The van der Waals surface area contributed by atoms with Gasteiger partial charge >= 0.3 is 6.01 Å². The molecule has 0 radical (unpaired) electrons. The lowest BCUT2D eigenvalue weighted by atomic mass is 9.64. The van der Waals surface area contributed by atoms with E-state index in [-0.39, 0.29) is 5.41 Å². The monoisotopic (exact) mass is 257 g/mol. The molecule has 0 unspecified atom stereocenters. The van der Waals surface area contributed by atoms with E-state index >= 15 is 0 Å². The van der Waals surface area contributed by atoms with E-state index in [0.29, 0.717) is 6.01 Å². The number of anilines is 1. The highest BCUT2D eigenvalue weighted by atomic mass is 16.5.